The van der Waals surface area contributed by atoms with Crippen molar-refractivity contribution in [2.24, 2.45) is 5.92 Å². The lowest BCUT2D eigenvalue weighted by Gasteiger charge is -2.42. The molecule has 2 aliphatic heterocycles. The van der Waals surface area contributed by atoms with Crippen LogP contribution in [0.5, 0.6) is 0 Å². The van der Waals surface area contributed by atoms with Gasteiger partial charge in [0.15, 0.2) is 0 Å². The topological polar surface area (TPSA) is 43.8 Å². The Morgan fingerprint density at radius 2 is 1.63 bits per heavy atom. The summed E-state index contributed by atoms with van der Waals surface area (Å²) >= 11 is 0. The highest BCUT2D eigenvalue weighted by Gasteiger charge is 2.31. The van der Waals surface area contributed by atoms with Gasteiger partial charge >= 0.3 is 5.97 Å². The van der Waals surface area contributed by atoms with Gasteiger partial charge in [0.05, 0.1) is 5.92 Å². The molecule has 19 heavy (non-hydrogen) atoms. The van der Waals surface area contributed by atoms with Gasteiger partial charge in [0, 0.05) is 12.1 Å². The molecule has 2 rings (SSSR count). The van der Waals surface area contributed by atoms with E-state index in [9.17, 15) is 4.79 Å². The minimum Gasteiger partial charge on any atom is -0.481 e. The smallest absolute Gasteiger partial charge is 0.307 e. The van der Waals surface area contributed by atoms with Crippen LogP contribution in [0.25, 0.3) is 0 Å². The predicted molar refractivity (Wildman–Crippen MR) is 76.3 cm³/mol. The number of hydrogen-bond acceptors (Lipinski definition) is 3. The van der Waals surface area contributed by atoms with Crippen molar-refractivity contribution in [1.82, 2.24) is 9.80 Å². The molecule has 0 aliphatic carbocycles. The van der Waals surface area contributed by atoms with E-state index in [0.717, 1.165) is 19.1 Å². The predicted octanol–water partition coefficient (Wildman–Crippen LogP) is 2.05. The number of rotatable bonds is 4. The highest BCUT2D eigenvalue weighted by molar-refractivity contribution is 5.70. The van der Waals surface area contributed by atoms with Crippen molar-refractivity contribution in [1.29, 1.82) is 0 Å². The van der Waals surface area contributed by atoms with E-state index in [4.69, 9.17) is 5.11 Å². The molecular formula is C15H28N2O2. The summed E-state index contributed by atoms with van der Waals surface area (Å²) in [5, 5.41) is 9.10. The van der Waals surface area contributed by atoms with Crippen LogP contribution in [0.1, 0.15) is 46.0 Å². The summed E-state index contributed by atoms with van der Waals surface area (Å²) in [5.74, 6) is -0.947. The Kier molecular flexibility index (Phi) is 5.22. The van der Waals surface area contributed by atoms with Crippen molar-refractivity contribution in [2.75, 3.05) is 26.2 Å². The fourth-order valence-electron chi connectivity index (χ4n) is 3.46. The summed E-state index contributed by atoms with van der Waals surface area (Å²) in [7, 11) is 0. The first-order chi connectivity index (χ1) is 9.09. The van der Waals surface area contributed by atoms with Gasteiger partial charge in [-0.05, 0) is 58.8 Å². The second kappa shape index (κ2) is 6.71. The van der Waals surface area contributed by atoms with Gasteiger partial charge in [-0.1, -0.05) is 13.3 Å². The Hall–Kier alpha value is -0.610. The van der Waals surface area contributed by atoms with Crippen LogP contribution < -0.4 is 0 Å². The Bertz CT molecular complexity index is 295. The van der Waals surface area contributed by atoms with Gasteiger partial charge in [-0.25, -0.2) is 0 Å². The maximum atomic E-state index is 11.1. The summed E-state index contributed by atoms with van der Waals surface area (Å²) in [6.07, 6.45) is 6.51. The van der Waals surface area contributed by atoms with Gasteiger partial charge in [0.1, 0.15) is 0 Å². The number of piperidine rings is 2. The molecule has 1 N–H and O–H groups in total. The molecule has 2 fully saturated rings. The molecule has 0 aromatic rings. The quantitative estimate of drug-likeness (QED) is 0.847. The third-order valence-corrected chi connectivity index (χ3v) is 5.10. The van der Waals surface area contributed by atoms with Crippen molar-refractivity contribution in [3.8, 4) is 0 Å². The monoisotopic (exact) mass is 268 g/mol. The maximum Gasteiger partial charge on any atom is 0.307 e. The highest BCUT2D eigenvalue weighted by atomic mass is 16.4. The molecule has 0 spiro atoms. The summed E-state index contributed by atoms with van der Waals surface area (Å²) in [6, 6.07) is 0.892. The van der Waals surface area contributed by atoms with Gasteiger partial charge in [-0.3, -0.25) is 9.69 Å². The van der Waals surface area contributed by atoms with Crippen molar-refractivity contribution < 1.29 is 9.90 Å². The number of hydrogen-bond donors (Lipinski definition) is 1. The number of nitrogens with zero attached hydrogens (tertiary/aromatic N) is 2. The van der Waals surface area contributed by atoms with Crippen LogP contribution >= 0.6 is 0 Å². The van der Waals surface area contributed by atoms with Gasteiger partial charge in [0.2, 0.25) is 0 Å². The third-order valence-electron chi connectivity index (χ3n) is 5.10. The van der Waals surface area contributed by atoms with Crippen LogP contribution in [0.4, 0.5) is 0 Å². The zero-order valence-electron chi connectivity index (χ0n) is 12.3. The first-order valence-corrected chi connectivity index (χ1v) is 7.80. The van der Waals surface area contributed by atoms with Crippen LogP contribution in [0.2, 0.25) is 0 Å². The molecule has 4 heteroatoms. The zero-order valence-corrected chi connectivity index (χ0v) is 12.3. The number of carboxylic acids is 1. The zero-order chi connectivity index (χ0) is 13.8. The SMILES string of the molecule is CC(C(=O)O)C(C)N1CCC(N2CCCCC2)CC1. The minimum atomic E-state index is -0.675. The molecule has 2 aliphatic rings. The number of likely N-dealkylation sites (tertiary alicyclic amines) is 2. The van der Waals surface area contributed by atoms with Crippen molar-refractivity contribution in [2.45, 2.75) is 58.0 Å². The summed E-state index contributed by atoms with van der Waals surface area (Å²) in [5.41, 5.74) is 0. The first kappa shape index (κ1) is 14.8. The second-order valence-corrected chi connectivity index (χ2v) is 6.23. The van der Waals surface area contributed by atoms with E-state index in [1.54, 1.807) is 0 Å². The van der Waals surface area contributed by atoms with Crippen LogP contribution in [0.3, 0.4) is 0 Å². The molecule has 2 atom stereocenters. The van der Waals surface area contributed by atoms with Crippen LogP contribution in [-0.2, 0) is 4.79 Å². The molecule has 110 valence electrons. The standard InChI is InChI=1S/C15H28N2O2/c1-12(15(18)19)13(2)16-10-6-14(7-11-16)17-8-4-3-5-9-17/h12-14H,3-11H2,1-2H3,(H,18,19). The summed E-state index contributed by atoms with van der Waals surface area (Å²) in [4.78, 5) is 16.1. The van der Waals surface area contributed by atoms with Crippen molar-refractivity contribution in [3.63, 3.8) is 0 Å². The lowest BCUT2D eigenvalue weighted by atomic mass is 9.95. The molecule has 0 saturated carbocycles. The lowest BCUT2D eigenvalue weighted by molar-refractivity contribution is -0.143. The summed E-state index contributed by atoms with van der Waals surface area (Å²) in [6.45, 7) is 8.53. The van der Waals surface area contributed by atoms with Crippen molar-refractivity contribution in [3.05, 3.63) is 0 Å². The average molecular weight is 268 g/mol. The fraction of sp³-hybridized carbons (Fsp3) is 0.933. The average Bonchev–Trinajstić information content (AvgIpc) is 2.46. The minimum absolute atomic E-state index is 0.153. The molecule has 0 radical (unpaired) electrons. The largest absolute Gasteiger partial charge is 0.481 e. The maximum absolute atomic E-state index is 11.1. The fourth-order valence-corrected chi connectivity index (χ4v) is 3.46. The van der Waals surface area contributed by atoms with E-state index in [1.807, 2.05) is 6.92 Å². The number of carbonyl (C=O) groups is 1. The lowest BCUT2D eigenvalue weighted by Crippen LogP contribution is -2.50. The molecular weight excluding hydrogens is 240 g/mol. The first-order valence-electron chi connectivity index (χ1n) is 7.80. The van der Waals surface area contributed by atoms with Crippen LogP contribution in [0.15, 0.2) is 0 Å². The van der Waals surface area contributed by atoms with E-state index in [1.165, 1.54) is 45.2 Å². The van der Waals surface area contributed by atoms with Gasteiger partial charge in [0.25, 0.3) is 0 Å². The number of carboxylic acid groups (broad SMARTS) is 1. The number of aliphatic carboxylic acids is 1. The van der Waals surface area contributed by atoms with Gasteiger partial charge < -0.3 is 10.0 Å². The molecule has 2 heterocycles. The molecule has 2 unspecified atom stereocenters. The molecule has 0 amide bonds. The van der Waals surface area contributed by atoms with Crippen LogP contribution in [-0.4, -0.2) is 59.1 Å². The van der Waals surface area contributed by atoms with Gasteiger partial charge in [-0.2, -0.15) is 0 Å². The molecule has 4 nitrogen and oxygen atoms in total. The molecule has 2 saturated heterocycles. The molecule has 0 aromatic carbocycles. The molecule has 0 aromatic heterocycles. The van der Waals surface area contributed by atoms with E-state index in [-0.39, 0.29) is 12.0 Å². The Morgan fingerprint density at radius 3 is 2.16 bits per heavy atom. The van der Waals surface area contributed by atoms with E-state index in [0.29, 0.717) is 0 Å². The van der Waals surface area contributed by atoms with E-state index < -0.39 is 5.97 Å². The van der Waals surface area contributed by atoms with Crippen LogP contribution in [0, 0.1) is 5.92 Å². The van der Waals surface area contributed by atoms with E-state index in [2.05, 4.69) is 16.7 Å². The highest BCUT2D eigenvalue weighted by Crippen LogP contribution is 2.23. The van der Waals surface area contributed by atoms with Crippen molar-refractivity contribution >= 4 is 5.97 Å². The van der Waals surface area contributed by atoms with E-state index >= 15 is 0 Å². The third kappa shape index (κ3) is 3.69. The Labute approximate surface area is 116 Å². The van der Waals surface area contributed by atoms with Gasteiger partial charge in [-0.15, -0.1) is 0 Å². The summed E-state index contributed by atoms with van der Waals surface area (Å²) < 4.78 is 0. The second-order valence-electron chi connectivity index (χ2n) is 6.23. The Balaban J connectivity index is 1.79. The molecule has 0 bridgehead atoms. The normalized spacial score (nSPS) is 27.1. The Morgan fingerprint density at radius 1 is 1.05 bits per heavy atom.